The molecule has 0 saturated heterocycles. The standard InChI is InChI=1S/C26H25NO5/c1-29-23-11-7-18(15-25(23)30-2)13-14-27-26(28)24-12-10-22(32-24)17-31-21-9-8-19-5-3-4-6-20(19)16-21/h3-12,15-16H,13-14,17H2,1-2H3,(H,27,28). The number of methoxy groups -OCH3 is 2. The smallest absolute Gasteiger partial charge is 0.287 e. The van der Waals surface area contributed by atoms with Gasteiger partial charge in [-0.1, -0.05) is 36.4 Å². The number of nitrogens with one attached hydrogen (secondary N) is 1. The van der Waals surface area contributed by atoms with Crippen LogP contribution >= 0.6 is 0 Å². The Morgan fingerprint density at radius 1 is 0.875 bits per heavy atom. The summed E-state index contributed by atoms with van der Waals surface area (Å²) in [5, 5.41) is 5.14. The molecular weight excluding hydrogens is 406 g/mol. The van der Waals surface area contributed by atoms with Gasteiger partial charge in [0.15, 0.2) is 17.3 Å². The van der Waals surface area contributed by atoms with Crippen molar-refractivity contribution in [2.75, 3.05) is 20.8 Å². The number of furan rings is 1. The van der Waals surface area contributed by atoms with Crippen molar-refractivity contribution in [3.63, 3.8) is 0 Å². The Morgan fingerprint density at radius 3 is 2.50 bits per heavy atom. The predicted molar refractivity (Wildman–Crippen MR) is 123 cm³/mol. The highest BCUT2D eigenvalue weighted by Gasteiger charge is 2.12. The van der Waals surface area contributed by atoms with Crippen molar-refractivity contribution in [2.24, 2.45) is 0 Å². The Labute approximate surface area is 186 Å². The van der Waals surface area contributed by atoms with Gasteiger partial charge in [-0.15, -0.1) is 0 Å². The average molecular weight is 431 g/mol. The van der Waals surface area contributed by atoms with Gasteiger partial charge in [0, 0.05) is 6.54 Å². The van der Waals surface area contributed by atoms with Crippen molar-refractivity contribution in [1.82, 2.24) is 5.32 Å². The first-order valence-electron chi connectivity index (χ1n) is 10.4. The summed E-state index contributed by atoms with van der Waals surface area (Å²) in [5.74, 6) is 2.67. The third kappa shape index (κ3) is 5.03. The number of rotatable bonds is 9. The maximum Gasteiger partial charge on any atom is 0.287 e. The van der Waals surface area contributed by atoms with Crippen LogP contribution in [0.1, 0.15) is 21.9 Å². The summed E-state index contributed by atoms with van der Waals surface area (Å²) in [6.45, 7) is 0.717. The highest BCUT2D eigenvalue weighted by atomic mass is 16.5. The van der Waals surface area contributed by atoms with Gasteiger partial charge >= 0.3 is 0 Å². The fourth-order valence-corrected chi connectivity index (χ4v) is 3.43. The first kappa shape index (κ1) is 21.3. The molecule has 0 saturated carbocycles. The minimum Gasteiger partial charge on any atom is -0.493 e. The zero-order valence-corrected chi connectivity index (χ0v) is 18.1. The number of carbonyl (C=O) groups excluding carboxylic acids is 1. The van der Waals surface area contributed by atoms with Gasteiger partial charge in [0.05, 0.1) is 14.2 Å². The molecule has 4 rings (SSSR count). The molecule has 0 atom stereocenters. The van der Waals surface area contributed by atoms with E-state index in [1.807, 2.05) is 54.6 Å². The van der Waals surface area contributed by atoms with Gasteiger partial charge in [-0.25, -0.2) is 0 Å². The van der Waals surface area contributed by atoms with Crippen molar-refractivity contribution < 1.29 is 23.4 Å². The molecule has 0 aliphatic rings. The first-order chi connectivity index (χ1) is 15.7. The highest BCUT2D eigenvalue weighted by molar-refractivity contribution is 5.91. The summed E-state index contributed by atoms with van der Waals surface area (Å²) in [6, 6.07) is 23.1. The first-order valence-corrected chi connectivity index (χ1v) is 10.4. The third-order valence-electron chi connectivity index (χ3n) is 5.13. The van der Waals surface area contributed by atoms with Crippen LogP contribution in [0.3, 0.4) is 0 Å². The summed E-state index contributed by atoms with van der Waals surface area (Å²) < 4.78 is 22.0. The topological polar surface area (TPSA) is 69.9 Å². The molecule has 0 fully saturated rings. The van der Waals surface area contributed by atoms with Gasteiger partial charge < -0.3 is 23.9 Å². The summed E-state index contributed by atoms with van der Waals surface area (Å²) >= 11 is 0. The van der Waals surface area contributed by atoms with Gasteiger partial charge in [0.2, 0.25) is 0 Å². The Morgan fingerprint density at radius 2 is 1.69 bits per heavy atom. The van der Waals surface area contributed by atoms with E-state index in [2.05, 4.69) is 11.4 Å². The quantitative estimate of drug-likeness (QED) is 0.404. The SMILES string of the molecule is COc1ccc(CCNC(=O)c2ccc(COc3ccc4ccccc4c3)o2)cc1OC. The lowest BCUT2D eigenvalue weighted by Gasteiger charge is -2.10. The lowest BCUT2D eigenvalue weighted by atomic mass is 10.1. The lowest BCUT2D eigenvalue weighted by molar-refractivity contribution is 0.0922. The van der Waals surface area contributed by atoms with Gasteiger partial charge in [-0.05, 0) is 59.2 Å². The molecule has 3 aromatic carbocycles. The molecule has 0 spiro atoms. The molecule has 1 amide bonds. The van der Waals surface area contributed by atoms with Crippen LogP contribution < -0.4 is 19.5 Å². The molecule has 0 bridgehead atoms. The van der Waals surface area contributed by atoms with E-state index in [9.17, 15) is 4.79 Å². The minimum absolute atomic E-state index is 0.247. The zero-order valence-electron chi connectivity index (χ0n) is 18.1. The van der Waals surface area contributed by atoms with Gasteiger partial charge in [0.1, 0.15) is 18.1 Å². The zero-order chi connectivity index (χ0) is 22.3. The monoisotopic (exact) mass is 431 g/mol. The van der Waals surface area contributed by atoms with Crippen molar-refractivity contribution in [3.8, 4) is 17.2 Å². The lowest BCUT2D eigenvalue weighted by Crippen LogP contribution is -2.25. The number of benzene rings is 3. The second-order valence-electron chi connectivity index (χ2n) is 7.26. The molecule has 0 aliphatic heterocycles. The maximum absolute atomic E-state index is 12.4. The summed E-state index contributed by atoms with van der Waals surface area (Å²) in [7, 11) is 3.20. The molecule has 1 N–H and O–H groups in total. The molecule has 0 radical (unpaired) electrons. The molecule has 6 heteroatoms. The third-order valence-corrected chi connectivity index (χ3v) is 5.13. The van der Waals surface area contributed by atoms with Crippen LogP contribution in [0.25, 0.3) is 10.8 Å². The van der Waals surface area contributed by atoms with E-state index >= 15 is 0 Å². The summed E-state index contributed by atoms with van der Waals surface area (Å²) in [6.07, 6.45) is 0.657. The van der Waals surface area contributed by atoms with E-state index in [0.29, 0.717) is 30.2 Å². The molecule has 32 heavy (non-hydrogen) atoms. The fraction of sp³-hybridized carbons (Fsp3) is 0.192. The van der Waals surface area contributed by atoms with Crippen LogP contribution in [0.15, 0.2) is 77.2 Å². The molecule has 0 aliphatic carbocycles. The van der Waals surface area contributed by atoms with Crippen LogP contribution in [0, 0.1) is 0 Å². The Hall–Kier alpha value is -3.93. The molecule has 0 unspecified atom stereocenters. The van der Waals surface area contributed by atoms with Crippen LogP contribution in [0.2, 0.25) is 0 Å². The summed E-state index contributed by atoms with van der Waals surface area (Å²) in [5.41, 5.74) is 1.03. The molecule has 6 nitrogen and oxygen atoms in total. The Balaban J connectivity index is 1.28. The average Bonchev–Trinajstić information content (AvgIpc) is 3.31. The van der Waals surface area contributed by atoms with E-state index in [0.717, 1.165) is 22.1 Å². The molecule has 4 aromatic rings. The van der Waals surface area contributed by atoms with E-state index in [4.69, 9.17) is 18.6 Å². The minimum atomic E-state index is -0.262. The number of carbonyl (C=O) groups is 1. The molecule has 164 valence electrons. The number of amides is 1. The van der Waals surface area contributed by atoms with Crippen molar-refractivity contribution in [3.05, 3.63) is 89.9 Å². The van der Waals surface area contributed by atoms with E-state index in [-0.39, 0.29) is 18.3 Å². The van der Waals surface area contributed by atoms with Gasteiger partial charge in [-0.3, -0.25) is 4.79 Å². The number of hydrogen-bond acceptors (Lipinski definition) is 5. The van der Waals surface area contributed by atoms with Gasteiger partial charge in [0.25, 0.3) is 5.91 Å². The fourth-order valence-electron chi connectivity index (χ4n) is 3.43. The van der Waals surface area contributed by atoms with Crippen molar-refractivity contribution in [2.45, 2.75) is 13.0 Å². The predicted octanol–water partition coefficient (Wildman–Crippen LogP) is 5.00. The molecule has 1 heterocycles. The molecule has 1 aromatic heterocycles. The number of hydrogen-bond donors (Lipinski definition) is 1. The van der Waals surface area contributed by atoms with E-state index in [1.54, 1.807) is 26.4 Å². The van der Waals surface area contributed by atoms with Gasteiger partial charge in [-0.2, -0.15) is 0 Å². The number of fused-ring (bicyclic) bond motifs is 1. The van der Waals surface area contributed by atoms with Crippen molar-refractivity contribution in [1.29, 1.82) is 0 Å². The van der Waals surface area contributed by atoms with Crippen LogP contribution in [0.4, 0.5) is 0 Å². The summed E-state index contributed by atoms with van der Waals surface area (Å²) in [4.78, 5) is 12.4. The maximum atomic E-state index is 12.4. The largest absolute Gasteiger partial charge is 0.493 e. The van der Waals surface area contributed by atoms with Crippen molar-refractivity contribution >= 4 is 16.7 Å². The van der Waals surface area contributed by atoms with Crippen LogP contribution in [-0.2, 0) is 13.0 Å². The van der Waals surface area contributed by atoms with Crippen LogP contribution in [0.5, 0.6) is 17.2 Å². The van der Waals surface area contributed by atoms with E-state index in [1.165, 1.54) is 0 Å². The molecular formula is C26H25NO5. The number of ether oxygens (including phenoxy) is 3. The normalized spacial score (nSPS) is 10.7. The Kier molecular flexibility index (Phi) is 6.60. The van der Waals surface area contributed by atoms with E-state index < -0.39 is 0 Å². The highest BCUT2D eigenvalue weighted by Crippen LogP contribution is 2.27. The Bertz CT molecular complexity index is 1210. The second-order valence-corrected chi connectivity index (χ2v) is 7.26. The van der Waals surface area contributed by atoms with Crippen LogP contribution in [-0.4, -0.2) is 26.7 Å². The second kappa shape index (κ2) is 9.92.